The number of fused-ring (bicyclic) bond motifs is 1. The molecule has 1 saturated heterocycles. The molecule has 1 N–H and O–H groups in total. The van der Waals surface area contributed by atoms with E-state index in [1.807, 2.05) is 24.3 Å². The first-order valence-electron chi connectivity index (χ1n) is 6.42. The van der Waals surface area contributed by atoms with Gasteiger partial charge in [0.2, 0.25) is 0 Å². The van der Waals surface area contributed by atoms with E-state index in [0.717, 1.165) is 49.4 Å². The van der Waals surface area contributed by atoms with Crippen molar-refractivity contribution in [2.75, 3.05) is 20.2 Å². The van der Waals surface area contributed by atoms with Crippen LogP contribution in [0.25, 0.3) is 0 Å². The van der Waals surface area contributed by atoms with Crippen molar-refractivity contribution in [1.29, 1.82) is 0 Å². The first kappa shape index (κ1) is 14.2. The van der Waals surface area contributed by atoms with E-state index in [1.165, 1.54) is 0 Å². The number of hydrogen-bond acceptors (Lipinski definition) is 4. The largest absolute Gasteiger partial charge is 0.486 e. The molecule has 0 saturated carbocycles. The van der Waals surface area contributed by atoms with Crippen LogP contribution in [0, 0.1) is 0 Å². The fraction of sp³-hybridized carbons (Fsp3) is 0.500. The molecule has 0 radical (unpaired) electrons. The van der Waals surface area contributed by atoms with Crippen molar-refractivity contribution in [3.05, 3.63) is 29.8 Å². The fourth-order valence-electron chi connectivity index (χ4n) is 2.82. The third-order valence-electron chi connectivity index (χ3n) is 3.73. The molecule has 3 rings (SSSR count). The molecule has 0 atom stereocenters. The van der Waals surface area contributed by atoms with Gasteiger partial charge in [-0.3, -0.25) is 0 Å². The summed E-state index contributed by atoms with van der Waals surface area (Å²) in [6, 6.07) is 8.07. The van der Waals surface area contributed by atoms with Crippen LogP contribution in [-0.2, 0) is 4.84 Å². The van der Waals surface area contributed by atoms with Crippen LogP contribution in [-0.4, -0.2) is 31.5 Å². The Morgan fingerprint density at radius 1 is 1.26 bits per heavy atom. The second-order valence-electron chi connectivity index (χ2n) is 4.93. The van der Waals surface area contributed by atoms with Gasteiger partial charge in [0.1, 0.15) is 18.5 Å². The minimum Gasteiger partial charge on any atom is -0.486 e. The molecule has 104 valence electrons. The van der Waals surface area contributed by atoms with Gasteiger partial charge < -0.3 is 14.9 Å². The predicted octanol–water partition coefficient (Wildman–Crippen LogP) is 2.36. The maximum atomic E-state index is 6.26. The number of oxime groups is 1. The molecule has 0 aromatic heterocycles. The molecule has 1 fully saturated rings. The molecule has 0 unspecified atom stereocenters. The van der Waals surface area contributed by atoms with E-state index in [9.17, 15) is 0 Å². The van der Waals surface area contributed by atoms with E-state index in [2.05, 4.69) is 10.5 Å². The highest BCUT2D eigenvalue weighted by atomic mass is 35.5. The van der Waals surface area contributed by atoms with Crippen LogP contribution in [0.15, 0.2) is 29.4 Å². The molecule has 1 aromatic carbocycles. The lowest BCUT2D eigenvalue weighted by Gasteiger charge is -2.41. The molecule has 4 nitrogen and oxygen atoms in total. The topological polar surface area (TPSA) is 42.8 Å². The Morgan fingerprint density at radius 2 is 2.00 bits per heavy atom. The van der Waals surface area contributed by atoms with Crippen LogP contribution in [0.4, 0.5) is 0 Å². The van der Waals surface area contributed by atoms with Gasteiger partial charge in [-0.05, 0) is 25.2 Å². The van der Waals surface area contributed by atoms with Gasteiger partial charge >= 0.3 is 0 Å². The highest BCUT2D eigenvalue weighted by molar-refractivity contribution is 6.04. The Morgan fingerprint density at radius 3 is 2.74 bits per heavy atom. The van der Waals surface area contributed by atoms with Crippen molar-refractivity contribution < 1.29 is 9.57 Å². The molecule has 5 heteroatoms. The summed E-state index contributed by atoms with van der Waals surface area (Å²) < 4.78 is 6.26. The molecule has 0 amide bonds. The minimum absolute atomic E-state index is 0. The fourth-order valence-corrected chi connectivity index (χ4v) is 2.82. The summed E-state index contributed by atoms with van der Waals surface area (Å²) in [5.74, 6) is 0.932. The average Bonchev–Trinajstić information content (AvgIpc) is 2.40. The van der Waals surface area contributed by atoms with Crippen molar-refractivity contribution in [3.8, 4) is 5.75 Å². The molecule has 2 heterocycles. The third-order valence-corrected chi connectivity index (χ3v) is 3.73. The van der Waals surface area contributed by atoms with Crippen LogP contribution in [0.1, 0.15) is 24.8 Å². The molecular formula is C14H19ClN2O2. The van der Waals surface area contributed by atoms with E-state index in [-0.39, 0.29) is 18.0 Å². The lowest BCUT2D eigenvalue weighted by molar-refractivity contribution is 0.0374. The number of benzene rings is 1. The summed E-state index contributed by atoms with van der Waals surface area (Å²) >= 11 is 0. The number of para-hydroxylation sites is 1. The summed E-state index contributed by atoms with van der Waals surface area (Å²) in [7, 11) is 1.60. The summed E-state index contributed by atoms with van der Waals surface area (Å²) in [4.78, 5) is 4.99. The molecule has 1 spiro atoms. The molecule has 1 aromatic rings. The van der Waals surface area contributed by atoms with E-state index >= 15 is 0 Å². The summed E-state index contributed by atoms with van der Waals surface area (Å²) in [5, 5.41) is 7.57. The zero-order chi connectivity index (χ0) is 12.4. The predicted molar refractivity (Wildman–Crippen MR) is 77.3 cm³/mol. The lowest BCUT2D eigenvalue weighted by Crippen LogP contribution is -2.49. The van der Waals surface area contributed by atoms with Crippen molar-refractivity contribution in [3.63, 3.8) is 0 Å². The van der Waals surface area contributed by atoms with E-state index < -0.39 is 0 Å². The molecule has 2 aliphatic rings. The number of rotatable bonds is 1. The number of halogens is 1. The van der Waals surface area contributed by atoms with Gasteiger partial charge in [-0.2, -0.15) is 0 Å². The quantitative estimate of drug-likeness (QED) is 0.804. The van der Waals surface area contributed by atoms with Gasteiger partial charge in [0, 0.05) is 24.8 Å². The van der Waals surface area contributed by atoms with E-state index in [0.29, 0.717) is 0 Å². The number of nitrogens with one attached hydrogen (secondary N) is 1. The standard InChI is InChI=1S/C14H18N2O2.ClH/c1-17-16-12-10-14(6-8-15-9-7-14)18-13-5-3-2-4-11(12)13;/h2-5,15H,6-10H2,1H3;1H. The second kappa shape index (κ2) is 5.80. The number of hydrogen-bond donors (Lipinski definition) is 1. The van der Waals surface area contributed by atoms with Crippen molar-refractivity contribution in [2.45, 2.75) is 24.9 Å². The van der Waals surface area contributed by atoms with Gasteiger partial charge in [0.15, 0.2) is 0 Å². The number of nitrogens with zero attached hydrogens (tertiary/aromatic N) is 1. The Balaban J connectivity index is 0.00000133. The molecule has 0 bridgehead atoms. The highest BCUT2D eigenvalue weighted by Crippen LogP contribution is 2.38. The second-order valence-corrected chi connectivity index (χ2v) is 4.93. The maximum absolute atomic E-state index is 6.26. The monoisotopic (exact) mass is 282 g/mol. The Hall–Kier alpha value is -1.26. The summed E-state index contributed by atoms with van der Waals surface area (Å²) in [6.07, 6.45) is 2.87. The van der Waals surface area contributed by atoms with Gasteiger partial charge in [-0.15, -0.1) is 12.4 Å². The Labute approximate surface area is 119 Å². The lowest BCUT2D eigenvalue weighted by atomic mass is 9.82. The smallest absolute Gasteiger partial charge is 0.129 e. The van der Waals surface area contributed by atoms with Crippen LogP contribution in [0.5, 0.6) is 5.75 Å². The minimum atomic E-state index is -0.100. The first-order chi connectivity index (χ1) is 8.83. The summed E-state index contributed by atoms with van der Waals surface area (Å²) in [6.45, 7) is 2.00. The van der Waals surface area contributed by atoms with Gasteiger partial charge in [0.25, 0.3) is 0 Å². The van der Waals surface area contributed by atoms with Gasteiger partial charge in [0.05, 0.1) is 5.71 Å². The Bertz CT molecular complexity index is 470. The molecule has 0 aliphatic carbocycles. The van der Waals surface area contributed by atoms with Crippen molar-refractivity contribution in [2.24, 2.45) is 5.16 Å². The number of piperidine rings is 1. The highest BCUT2D eigenvalue weighted by Gasteiger charge is 2.40. The molecule has 19 heavy (non-hydrogen) atoms. The van der Waals surface area contributed by atoms with E-state index in [1.54, 1.807) is 7.11 Å². The third kappa shape index (κ3) is 2.69. The first-order valence-corrected chi connectivity index (χ1v) is 6.42. The normalized spacial score (nSPS) is 22.3. The van der Waals surface area contributed by atoms with E-state index in [4.69, 9.17) is 9.57 Å². The zero-order valence-corrected chi connectivity index (χ0v) is 11.8. The SMILES string of the molecule is CON=C1CC2(CCNCC2)Oc2ccccc21.Cl. The molecule has 2 aliphatic heterocycles. The van der Waals surface area contributed by atoms with Gasteiger partial charge in [-0.1, -0.05) is 17.3 Å². The maximum Gasteiger partial charge on any atom is 0.129 e. The van der Waals surface area contributed by atoms with Crippen LogP contribution in [0.2, 0.25) is 0 Å². The van der Waals surface area contributed by atoms with Gasteiger partial charge in [-0.25, -0.2) is 0 Å². The van der Waals surface area contributed by atoms with Crippen LogP contribution >= 0.6 is 12.4 Å². The zero-order valence-electron chi connectivity index (χ0n) is 11.0. The summed E-state index contributed by atoms with van der Waals surface area (Å²) in [5.41, 5.74) is 1.96. The van der Waals surface area contributed by atoms with Crippen LogP contribution < -0.4 is 10.1 Å². The van der Waals surface area contributed by atoms with Crippen molar-refractivity contribution in [1.82, 2.24) is 5.32 Å². The average molecular weight is 283 g/mol. The van der Waals surface area contributed by atoms with Crippen LogP contribution in [0.3, 0.4) is 0 Å². The number of ether oxygens (including phenoxy) is 1. The Kier molecular flexibility index (Phi) is 4.32. The molecular weight excluding hydrogens is 264 g/mol. The van der Waals surface area contributed by atoms with Crippen molar-refractivity contribution >= 4 is 18.1 Å².